The van der Waals surface area contributed by atoms with Crippen LogP contribution in [0.4, 0.5) is 5.13 Å². The summed E-state index contributed by atoms with van der Waals surface area (Å²) in [5.74, 6) is 0. The van der Waals surface area contributed by atoms with Gasteiger partial charge < -0.3 is 5.32 Å². The molecule has 2 heterocycles. The standard InChI is InChI=1S/C14H16N4S/c1-10-5-3-6-12-13(10)17-14(19-12)16-11(2)9-18-8-4-7-15-18/h3-8,11H,9H2,1-2H3,(H,16,17). The summed E-state index contributed by atoms with van der Waals surface area (Å²) in [4.78, 5) is 4.66. The molecule has 0 fully saturated rings. The van der Waals surface area contributed by atoms with Gasteiger partial charge in [0.05, 0.1) is 16.8 Å². The molecule has 1 N–H and O–H groups in total. The van der Waals surface area contributed by atoms with Crippen molar-refractivity contribution in [1.82, 2.24) is 14.8 Å². The minimum absolute atomic E-state index is 0.292. The second kappa shape index (κ2) is 5.01. The number of nitrogens with one attached hydrogen (secondary N) is 1. The molecule has 2 aromatic heterocycles. The highest BCUT2D eigenvalue weighted by Crippen LogP contribution is 2.28. The third-order valence-corrected chi connectivity index (χ3v) is 3.96. The van der Waals surface area contributed by atoms with Crippen LogP contribution in [0.5, 0.6) is 0 Å². The summed E-state index contributed by atoms with van der Waals surface area (Å²) in [6, 6.07) is 8.52. The summed E-state index contributed by atoms with van der Waals surface area (Å²) in [6.07, 6.45) is 3.77. The third kappa shape index (κ3) is 2.61. The largest absolute Gasteiger partial charge is 0.357 e. The van der Waals surface area contributed by atoms with Crippen molar-refractivity contribution in [2.45, 2.75) is 26.4 Å². The van der Waals surface area contributed by atoms with Gasteiger partial charge in [0, 0.05) is 18.4 Å². The van der Waals surface area contributed by atoms with Gasteiger partial charge in [0.25, 0.3) is 0 Å². The quantitative estimate of drug-likeness (QED) is 0.792. The van der Waals surface area contributed by atoms with Crippen molar-refractivity contribution in [3.05, 3.63) is 42.2 Å². The van der Waals surface area contributed by atoms with Crippen LogP contribution in [-0.2, 0) is 6.54 Å². The number of hydrogen-bond donors (Lipinski definition) is 1. The van der Waals surface area contributed by atoms with Gasteiger partial charge in [0.15, 0.2) is 5.13 Å². The van der Waals surface area contributed by atoms with E-state index in [1.54, 1.807) is 17.5 Å². The van der Waals surface area contributed by atoms with Crippen LogP contribution in [-0.4, -0.2) is 20.8 Å². The summed E-state index contributed by atoms with van der Waals surface area (Å²) < 4.78 is 3.16. The van der Waals surface area contributed by atoms with Gasteiger partial charge in [-0.15, -0.1) is 0 Å². The smallest absolute Gasteiger partial charge is 0.184 e. The maximum absolute atomic E-state index is 4.66. The first-order chi connectivity index (χ1) is 9.22. The summed E-state index contributed by atoms with van der Waals surface area (Å²) >= 11 is 1.70. The molecule has 0 aliphatic rings. The Balaban J connectivity index is 1.76. The number of benzene rings is 1. The average molecular weight is 272 g/mol. The molecule has 0 aliphatic heterocycles. The van der Waals surface area contributed by atoms with E-state index >= 15 is 0 Å². The normalized spacial score (nSPS) is 12.7. The minimum atomic E-state index is 0.292. The third-order valence-electron chi connectivity index (χ3n) is 3.01. The zero-order valence-corrected chi connectivity index (χ0v) is 11.8. The second-order valence-electron chi connectivity index (χ2n) is 4.71. The van der Waals surface area contributed by atoms with Crippen LogP contribution in [0.25, 0.3) is 10.2 Å². The highest BCUT2D eigenvalue weighted by atomic mass is 32.1. The highest BCUT2D eigenvalue weighted by Gasteiger charge is 2.09. The molecule has 3 aromatic rings. The first kappa shape index (κ1) is 12.2. The van der Waals surface area contributed by atoms with E-state index < -0.39 is 0 Å². The van der Waals surface area contributed by atoms with Gasteiger partial charge >= 0.3 is 0 Å². The molecular weight excluding hydrogens is 256 g/mol. The van der Waals surface area contributed by atoms with Gasteiger partial charge in [-0.1, -0.05) is 23.5 Å². The summed E-state index contributed by atoms with van der Waals surface area (Å²) in [5, 5.41) is 8.63. The fourth-order valence-corrected chi connectivity index (χ4v) is 3.15. The van der Waals surface area contributed by atoms with E-state index in [2.05, 4.69) is 47.4 Å². The predicted octanol–water partition coefficient (Wildman–Crippen LogP) is 3.30. The first-order valence-electron chi connectivity index (χ1n) is 6.32. The van der Waals surface area contributed by atoms with Crippen LogP contribution in [0.3, 0.4) is 0 Å². The molecule has 1 unspecified atom stereocenters. The molecule has 4 nitrogen and oxygen atoms in total. The second-order valence-corrected chi connectivity index (χ2v) is 5.74. The summed E-state index contributed by atoms with van der Waals surface area (Å²) in [6.45, 7) is 5.07. The van der Waals surface area contributed by atoms with Gasteiger partial charge in [0.2, 0.25) is 0 Å². The van der Waals surface area contributed by atoms with Crippen LogP contribution < -0.4 is 5.32 Å². The van der Waals surface area contributed by atoms with Crippen LogP contribution >= 0.6 is 11.3 Å². The summed E-state index contributed by atoms with van der Waals surface area (Å²) in [7, 11) is 0. The molecule has 0 radical (unpaired) electrons. The van der Waals surface area contributed by atoms with E-state index in [0.29, 0.717) is 6.04 Å². The predicted molar refractivity (Wildman–Crippen MR) is 79.7 cm³/mol. The molecule has 1 atom stereocenters. The molecule has 0 bridgehead atoms. The lowest BCUT2D eigenvalue weighted by Crippen LogP contribution is -2.22. The number of hydrogen-bond acceptors (Lipinski definition) is 4. The van der Waals surface area contributed by atoms with Gasteiger partial charge in [-0.2, -0.15) is 5.10 Å². The molecule has 0 aliphatic carbocycles. The number of para-hydroxylation sites is 1. The number of nitrogens with zero attached hydrogens (tertiary/aromatic N) is 3. The zero-order chi connectivity index (χ0) is 13.2. The van der Waals surface area contributed by atoms with Gasteiger partial charge in [-0.3, -0.25) is 4.68 Å². The lowest BCUT2D eigenvalue weighted by atomic mass is 10.2. The molecule has 0 spiro atoms. The Kier molecular flexibility index (Phi) is 3.21. The van der Waals surface area contributed by atoms with Crippen molar-refractivity contribution in [2.24, 2.45) is 0 Å². The monoisotopic (exact) mass is 272 g/mol. The molecular formula is C14H16N4S. The molecule has 19 heavy (non-hydrogen) atoms. The maximum atomic E-state index is 4.66. The van der Waals surface area contributed by atoms with Crippen LogP contribution in [0.1, 0.15) is 12.5 Å². The van der Waals surface area contributed by atoms with E-state index in [0.717, 1.165) is 17.2 Å². The topological polar surface area (TPSA) is 42.7 Å². The molecule has 3 rings (SSSR count). The number of anilines is 1. The SMILES string of the molecule is Cc1cccc2sc(NC(C)Cn3cccn3)nc12. The van der Waals surface area contributed by atoms with E-state index in [1.165, 1.54) is 10.3 Å². The van der Waals surface area contributed by atoms with Gasteiger partial charge in [0.1, 0.15) is 0 Å². The Morgan fingerprint density at radius 1 is 1.37 bits per heavy atom. The van der Waals surface area contributed by atoms with E-state index in [1.807, 2.05) is 16.9 Å². The van der Waals surface area contributed by atoms with Crippen molar-refractivity contribution >= 4 is 26.7 Å². The fraction of sp³-hybridized carbons (Fsp3) is 0.286. The Morgan fingerprint density at radius 3 is 3.00 bits per heavy atom. The lowest BCUT2D eigenvalue weighted by molar-refractivity contribution is 0.561. The lowest BCUT2D eigenvalue weighted by Gasteiger charge is -2.12. The van der Waals surface area contributed by atoms with Gasteiger partial charge in [-0.05, 0) is 31.5 Å². The Hall–Kier alpha value is -1.88. The van der Waals surface area contributed by atoms with Crippen LogP contribution in [0, 0.1) is 6.92 Å². The first-order valence-corrected chi connectivity index (χ1v) is 7.14. The molecule has 1 aromatic carbocycles. The average Bonchev–Trinajstić information content (AvgIpc) is 2.98. The number of aryl methyl sites for hydroxylation is 1. The summed E-state index contributed by atoms with van der Waals surface area (Å²) in [5.41, 5.74) is 2.32. The van der Waals surface area contributed by atoms with Crippen molar-refractivity contribution in [3.63, 3.8) is 0 Å². The van der Waals surface area contributed by atoms with E-state index in [-0.39, 0.29) is 0 Å². The Labute approximate surface area is 116 Å². The Morgan fingerprint density at radius 2 is 2.26 bits per heavy atom. The van der Waals surface area contributed by atoms with Crippen molar-refractivity contribution in [2.75, 3.05) is 5.32 Å². The van der Waals surface area contributed by atoms with Crippen LogP contribution in [0.15, 0.2) is 36.7 Å². The molecule has 98 valence electrons. The van der Waals surface area contributed by atoms with Crippen LogP contribution in [0.2, 0.25) is 0 Å². The van der Waals surface area contributed by atoms with E-state index in [4.69, 9.17) is 0 Å². The van der Waals surface area contributed by atoms with Gasteiger partial charge in [-0.25, -0.2) is 4.98 Å². The molecule has 0 saturated carbocycles. The number of rotatable bonds is 4. The molecule has 5 heteroatoms. The molecule has 0 amide bonds. The minimum Gasteiger partial charge on any atom is -0.357 e. The zero-order valence-electron chi connectivity index (χ0n) is 11.0. The Bertz CT molecular complexity index is 672. The fourth-order valence-electron chi connectivity index (χ4n) is 2.09. The highest BCUT2D eigenvalue weighted by molar-refractivity contribution is 7.22. The number of aromatic nitrogens is 3. The van der Waals surface area contributed by atoms with E-state index in [9.17, 15) is 0 Å². The molecule has 0 saturated heterocycles. The number of fused-ring (bicyclic) bond motifs is 1. The van der Waals surface area contributed by atoms with Crippen molar-refractivity contribution in [1.29, 1.82) is 0 Å². The van der Waals surface area contributed by atoms with Crippen molar-refractivity contribution < 1.29 is 0 Å². The maximum Gasteiger partial charge on any atom is 0.184 e. The number of thiazole rings is 1. The van der Waals surface area contributed by atoms with Crippen molar-refractivity contribution in [3.8, 4) is 0 Å².